The van der Waals surface area contributed by atoms with Gasteiger partial charge in [0.1, 0.15) is 5.82 Å². The largest absolute Gasteiger partial charge is 0.494 e. The number of rotatable bonds is 5. The van der Waals surface area contributed by atoms with Gasteiger partial charge in [0.25, 0.3) is 0 Å². The molecule has 2 aromatic rings. The van der Waals surface area contributed by atoms with Gasteiger partial charge >= 0.3 is 0 Å². The summed E-state index contributed by atoms with van der Waals surface area (Å²) in [6.45, 7) is 2.06. The molecule has 1 aromatic heterocycles. The molecule has 25 heavy (non-hydrogen) atoms. The Morgan fingerprint density at radius 2 is 2.08 bits per heavy atom. The number of benzene rings is 1. The van der Waals surface area contributed by atoms with Gasteiger partial charge in [-0.2, -0.15) is 0 Å². The van der Waals surface area contributed by atoms with Crippen LogP contribution in [0.4, 0.5) is 15.9 Å². The topological polar surface area (TPSA) is 54.5 Å². The number of carbonyl (C=O) groups excluding carboxylic acids is 1. The van der Waals surface area contributed by atoms with Crippen molar-refractivity contribution >= 4 is 23.5 Å². The van der Waals surface area contributed by atoms with E-state index in [0.29, 0.717) is 11.3 Å². The molecule has 1 aliphatic heterocycles. The third-order valence-electron chi connectivity index (χ3n) is 4.05. The SMILES string of the molecule is COc1ccc(/C=C/C(=O)Nc2ccc(N3CCCC3)nc2)cc1F. The van der Waals surface area contributed by atoms with Crippen LogP contribution in [0.25, 0.3) is 6.08 Å². The van der Waals surface area contributed by atoms with Crippen LogP contribution in [0.5, 0.6) is 5.75 Å². The molecule has 1 fully saturated rings. The molecule has 0 saturated carbocycles. The van der Waals surface area contributed by atoms with Gasteiger partial charge in [0.05, 0.1) is 19.0 Å². The zero-order valence-corrected chi connectivity index (χ0v) is 14.0. The Bertz CT molecular complexity index is 769. The van der Waals surface area contributed by atoms with Gasteiger partial charge in [0.2, 0.25) is 5.91 Å². The Morgan fingerprint density at radius 1 is 1.28 bits per heavy atom. The Labute approximate surface area is 146 Å². The van der Waals surface area contributed by atoms with Gasteiger partial charge in [-0.15, -0.1) is 0 Å². The fraction of sp³-hybridized carbons (Fsp3) is 0.263. The highest BCUT2D eigenvalue weighted by Crippen LogP contribution is 2.20. The van der Waals surface area contributed by atoms with Gasteiger partial charge in [-0.3, -0.25) is 4.79 Å². The fourth-order valence-corrected chi connectivity index (χ4v) is 2.74. The Morgan fingerprint density at radius 3 is 2.72 bits per heavy atom. The molecule has 1 aliphatic rings. The summed E-state index contributed by atoms with van der Waals surface area (Å²) in [5.41, 5.74) is 1.20. The van der Waals surface area contributed by atoms with Crippen molar-refractivity contribution in [2.45, 2.75) is 12.8 Å². The molecule has 3 rings (SSSR count). The molecule has 0 aliphatic carbocycles. The number of methoxy groups -OCH3 is 1. The number of halogens is 1. The van der Waals surface area contributed by atoms with Crippen molar-refractivity contribution in [1.82, 2.24) is 4.98 Å². The second kappa shape index (κ2) is 7.79. The van der Waals surface area contributed by atoms with Crippen LogP contribution in [0.2, 0.25) is 0 Å². The summed E-state index contributed by atoms with van der Waals surface area (Å²) in [7, 11) is 1.41. The van der Waals surface area contributed by atoms with Crippen LogP contribution in [-0.4, -0.2) is 31.1 Å². The van der Waals surface area contributed by atoms with Gasteiger partial charge < -0.3 is 15.0 Å². The average Bonchev–Trinajstić information content (AvgIpc) is 3.15. The lowest BCUT2D eigenvalue weighted by Crippen LogP contribution is -2.18. The molecular weight excluding hydrogens is 321 g/mol. The molecule has 1 aromatic carbocycles. The van der Waals surface area contributed by atoms with Crippen LogP contribution in [0.15, 0.2) is 42.6 Å². The number of anilines is 2. The number of hydrogen-bond acceptors (Lipinski definition) is 4. The third kappa shape index (κ3) is 4.35. The molecule has 1 saturated heterocycles. The first-order valence-electron chi connectivity index (χ1n) is 8.19. The van der Waals surface area contributed by atoms with Crippen LogP contribution in [0, 0.1) is 5.82 Å². The first kappa shape index (κ1) is 17.0. The Kier molecular flexibility index (Phi) is 5.28. The molecule has 0 atom stereocenters. The van der Waals surface area contributed by atoms with E-state index < -0.39 is 5.82 Å². The van der Waals surface area contributed by atoms with Crippen molar-refractivity contribution in [2.24, 2.45) is 0 Å². The number of amides is 1. The molecule has 0 spiro atoms. The summed E-state index contributed by atoms with van der Waals surface area (Å²) in [4.78, 5) is 18.6. The van der Waals surface area contributed by atoms with E-state index in [0.717, 1.165) is 18.9 Å². The highest BCUT2D eigenvalue weighted by Gasteiger charge is 2.13. The maximum atomic E-state index is 13.6. The number of ether oxygens (including phenoxy) is 1. The minimum Gasteiger partial charge on any atom is -0.494 e. The second-order valence-corrected chi connectivity index (χ2v) is 5.82. The average molecular weight is 341 g/mol. The second-order valence-electron chi connectivity index (χ2n) is 5.82. The van der Waals surface area contributed by atoms with E-state index in [4.69, 9.17) is 4.74 Å². The van der Waals surface area contributed by atoms with E-state index in [1.807, 2.05) is 12.1 Å². The lowest BCUT2D eigenvalue weighted by Gasteiger charge is -2.16. The summed E-state index contributed by atoms with van der Waals surface area (Å²) in [5.74, 6) is 0.337. The number of nitrogens with zero attached hydrogens (tertiary/aromatic N) is 2. The quantitative estimate of drug-likeness (QED) is 0.846. The molecule has 5 nitrogen and oxygen atoms in total. The van der Waals surface area contributed by atoms with Crippen LogP contribution < -0.4 is 15.0 Å². The van der Waals surface area contributed by atoms with Crippen LogP contribution in [0.1, 0.15) is 18.4 Å². The lowest BCUT2D eigenvalue weighted by molar-refractivity contribution is -0.111. The molecule has 0 unspecified atom stereocenters. The predicted octanol–water partition coefficient (Wildman–Crippen LogP) is 3.48. The van der Waals surface area contributed by atoms with Crippen molar-refractivity contribution in [2.75, 3.05) is 30.4 Å². The number of hydrogen-bond donors (Lipinski definition) is 1. The highest BCUT2D eigenvalue weighted by molar-refractivity contribution is 6.01. The van der Waals surface area contributed by atoms with E-state index in [1.165, 1.54) is 38.2 Å². The first-order chi connectivity index (χ1) is 12.2. The number of nitrogens with one attached hydrogen (secondary N) is 1. The Balaban J connectivity index is 1.59. The van der Waals surface area contributed by atoms with Crippen LogP contribution in [-0.2, 0) is 4.79 Å². The molecule has 1 amide bonds. The summed E-state index contributed by atoms with van der Waals surface area (Å²) < 4.78 is 18.5. The van der Waals surface area contributed by atoms with Crippen LogP contribution >= 0.6 is 0 Å². The normalized spacial score (nSPS) is 14.1. The lowest BCUT2D eigenvalue weighted by atomic mass is 10.2. The summed E-state index contributed by atoms with van der Waals surface area (Å²) in [6, 6.07) is 8.25. The zero-order chi connectivity index (χ0) is 17.6. The minimum atomic E-state index is -0.466. The number of aromatic nitrogens is 1. The molecule has 0 radical (unpaired) electrons. The highest BCUT2D eigenvalue weighted by atomic mass is 19.1. The summed E-state index contributed by atoms with van der Waals surface area (Å²) in [5, 5.41) is 2.74. The van der Waals surface area contributed by atoms with E-state index >= 15 is 0 Å². The van der Waals surface area contributed by atoms with Crippen molar-refractivity contribution in [3.05, 3.63) is 54.0 Å². The maximum absolute atomic E-state index is 13.6. The van der Waals surface area contributed by atoms with Crippen molar-refractivity contribution in [3.8, 4) is 5.75 Å². The molecule has 0 bridgehead atoms. The van der Waals surface area contributed by atoms with E-state index in [2.05, 4.69) is 15.2 Å². The van der Waals surface area contributed by atoms with Crippen molar-refractivity contribution in [1.29, 1.82) is 0 Å². The number of pyridine rings is 1. The number of carbonyl (C=O) groups is 1. The van der Waals surface area contributed by atoms with E-state index in [1.54, 1.807) is 18.3 Å². The van der Waals surface area contributed by atoms with Crippen molar-refractivity contribution < 1.29 is 13.9 Å². The van der Waals surface area contributed by atoms with Gasteiger partial charge in [-0.05, 0) is 48.7 Å². The van der Waals surface area contributed by atoms with Crippen molar-refractivity contribution in [3.63, 3.8) is 0 Å². The van der Waals surface area contributed by atoms with Gasteiger partial charge in [0, 0.05) is 19.2 Å². The molecular formula is C19H20FN3O2. The van der Waals surface area contributed by atoms with Gasteiger partial charge in [-0.25, -0.2) is 9.37 Å². The molecule has 6 heteroatoms. The fourth-order valence-electron chi connectivity index (χ4n) is 2.74. The van der Waals surface area contributed by atoms with E-state index in [-0.39, 0.29) is 11.7 Å². The molecule has 1 N–H and O–H groups in total. The maximum Gasteiger partial charge on any atom is 0.248 e. The molecule has 2 heterocycles. The monoisotopic (exact) mass is 341 g/mol. The first-order valence-corrected chi connectivity index (χ1v) is 8.19. The molecule has 130 valence electrons. The van der Waals surface area contributed by atoms with Gasteiger partial charge in [0.15, 0.2) is 11.6 Å². The third-order valence-corrected chi connectivity index (χ3v) is 4.05. The smallest absolute Gasteiger partial charge is 0.248 e. The summed E-state index contributed by atoms with van der Waals surface area (Å²) in [6.07, 6.45) is 6.93. The zero-order valence-electron chi connectivity index (χ0n) is 14.0. The van der Waals surface area contributed by atoms with Crippen LogP contribution in [0.3, 0.4) is 0 Å². The summed E-state index contributed by atoms with van der Waals surface area (Å²) >= 11 is 0. The standard InChI is InChI=1S/C19H20FN3O2/c1-25-17-7-4-14(12-16(17)20)5-9-19(24)22-15-6-8-18(21-13-15)23-10-2-3-11-23/h4-9,12-13H,2-3,10-11H2,1H3,(H,22,24)/b9-5+. The Hall–Kier alpha value is -2.89. The minimum absolute atomic E-state index is 0.172. The van der Waals surface area contributed by atoms with Gasteiger partial charge in [-0.1, -0.05) is 6.07 Å². The predicted molar refractivity (Wildman–Crippen MR) is 96.3 cm³/mol. The van der Waals surface area contributed by atoms with E-state index in [9.17, 15) is 9.18 Å².